The number of halogens is 1. The molecule has 0 radical (unpaired) electrons. The third-order valence-corrected chi connectivity index (χ3v) is 9.05. The van der Waals surface area contributed by atoms with Gasteiger partial charge in [-0.2, -0.15) is 0 Å². The summed E-state index contributed by atoms with van der Waals surface area (Å²) in [4.78, 5) is 67.0. The number of amides is 1. The zero-order valence-electron chi connectivity index (χ0n) is 27.7. The standard InChI is InChI=1S/C34H46ClN5O9/c1-24-25(7-4-9-28(24)35)20-26-6-2-3-8-27(26)33(47)36-11-5-10-29(34(48)49)40-18-16-38(22-31(43)44)14-12-37(21-30(41)42)13-15-39(17-19-40)23-32(45)46/h2-4,6-9,29H,5,10-23H2,1H3,(H,36,47)(H,41,42)(H,43,44)(H,45,46)(H,48,49). The molecule has 1 unspecified atom stereocenters. The molecule has 3 rings (SSSR count). The van der Waals surface area contributed by atoms with Crippen LogP contribution in [0.4, 0.5) is 0 Å². The molecule has 2 aromatic rings. The Hall–Kier alpha value is -4.08. The summed E-state index contributed by atoms with van der Waals surface area (Å²) in [6, 6.07) is 12.0. The van der Waals surface area contributed by atoms with Gasteiger partial charge in [-0.1, -0.05) is 41.9 Å². The normalized spacial score (nSPS) is 16.6. The molecule has 0 aromatic heterocycles. The Balaban J connectivity index is 1.69. The second kappa shape index (κ2) is 19.8. The molecule has 268 valence electrons. The van der Waals surface area contributed by atoms with Gasteiger partial charge in [-0.3, -0.25) is 43.6 Å². The molecule has 0 spiro atoms. The number of benzene rings is 2. The second-order valence-corrected chi connectivity index (χ2v) is 12.6. The van der Waals surface area contributed by atoms with Gasteiger partial charge in [0.1, 0.15) is 6.04 Å². The van der Waals surface area contributed by atoms with Gasteiger partial charge in [-0.25, -0.2) is 0 Å². The summed E-state index contributed by atoms with van der Waals surface area (Å²) in [6.07, 6.45) is 1.04. The summed E-state index contributed by atoms with van der Waals surface area (Å²) in [6.45, 7) is 2.99. The van der Waals surface area contributed by atoms with Crippen molar-refractivity contribution in [3.63, 3.8) is 0 Å². The number of carboxylic acids is 4. The van der Waals surface area contributed by atoms with Gasteiger partial charge in [0, 0.05) is 69.5 Å². The van der Waals surface area contributed by atoms with Crippen LogP contribution in [0, 0.1) is 6.92 Å². The van der Waals surface area contributed by atoms with Gasteiger partial charge in [0.2, 0.25) is 0 Å². The van der Waals surface area contributed by atoms with Crippen LogP contribution in [0.25, 0.3) is 0 Å². The van der Waals surface area contributed by atoms with E-state index in [1.54, 1.807) is 31.7 Å². The van der Waals surface area contributed by atoms with Crippen molar-refractivity contribution < 1.29 is 44.4 Å². The van der Waals surface area contributed by atoms with Gasteiger partial charge in [0.15, 0.2) is 0 Å². The molecule has 14 nitrogen and oxygen atoms in total. The molecule has 15 heteroatoms. The molecule has 1 saturated heterocycles. The van der Waals surface area contributed by atoms with Crippen molar-refractivity contribution >= 4 is 41.4 Å². The number of nitrogens with zero attached hydrogens (tertiary/aromatic N) is 4. The van der Waals surface area contributed by atoms with E-state index < -0.39 is 29.9 Å². The summed E-state index contributed by atoms with van der Waals surface area (Å²) < 4.78 is 0. The number of aliphatic carboxylic acids is 4. The van der Waals surface area contributed by atoms with Crippen LogP contribution < -0.4 is 5.32 Å². The van der Waals surface area contributed by atoms with Gasteiger partial charge in [-0.15, -0.1) is 0 Å². The van der Waals surface area contributed by atoms with Crippen molar-refractivity contribution in [3.8, 4) is 0 Å². The van der Waals surface area contributed by atoms with E-state index in [0.717, 1.165) is 16.7 Å². The summed E-state index contributed by atoms with van der Waals surface area (Å²) in [5.74, 6) is -4.54. The third kappa shape index (κ3) is 13.4. The highest BCUT2D eigenvalue weighted by molar-refractivity contribution is 6.31. The van der Waals surface area contributed by atoms with Crippen LogP contribution in [0.3, 0.4) is 0 Å². The summed E-state index contributed by atoms with van der Waals surface area (Å²) in [5, 5.41) is 42.1. The number of hydrogen-bond acceptors (Lipinski definition) is 9. The lowest BCUT2D eigenvalue weighted by molar-refractivity contribution is -0.145. The van der Waals surface area contributed by atoms with Crippen molar-refractivity contribution in [2.75, 3.05) is 78.5 Å². The number of carboxylic acid groups (broad SMARTS) is 4. The number of hydrogen-bond donors (Lipinski definition) is 5. The van der Waals surface area contributed by atoms with Crippen LogP contribution >= 0.6 is 11.6 Å². The molecule has 1 atom stereocenters. The first-order chi connectivity index (χ1) is 23.3. The summed E-state index contributed by atoms with van der Waals surface area (Å²) in [5.41, 5.74) is 3.29. The fourth-order valence-corrected chi connectivity index (χ4v) is 6.11. The van der Waals surface area contributed by atoms with E-state index in [4.69, 9.17) is 11.6 Å². The number of rotatable bonds is 15. The predicted octanol–water partition coefficient (Wildman–Crippen LogP) is 1.68. The quantitative estimate of drug-likeness (QED) is 0.169. The number of carbonyl (C=O) groups is 5. The number of nitrogens with one attached hydrogen (secondary N) is 1. The smallest absolute Gasteiger partial charge is 0.320 e. The highest BCUT2D eigenvalue weighted by atomic mass is 35.5. The Morgan fingerprint density at radius 1 is 0.714 bits per heavy atom. The van der Waals surface area contributed by atoms with Crippen molar-refractivity contribution in [2.45, 2.75) is 32.2 Å². The van der Waals surface area contributed by atoms with Gasteiger partial charge < -0.3 is 25.7 Å². The molecule has 0 bridgehead atoms. The van der Waals surface area contributed by atoms with E-state index in [9.17, 15) is 44.4 Å². The lowest BCUT2D eigenvalue weighted by Crippen LogP contribution is -2.51. The van der Waals surface area contributed by atoms with Crippen LogP contribution in [-0.4, -0.2) is 154 Å². The molecule has 5 N–H and O–H groups in total. The first-order valence-corrected chi connectivity index (χ1v) is 16.6. The largest absolute Gasteiger partial charge is 0.480 e. The van der Waals surface area contributed by atoms with Crippen LogP contribution in [0.1, 0.15) is 39.9 Å². The molecule has 49 heavy (non-hydrogen) atoms. The van der Waals surface area contributed by atoms with Crippen molar-refractivity contribution in [1.29, 1.82) is 0 Å². The molecule has 2 aromatic carbocycles. The SMILES string of the molecule is Cc1c(Cl)cccc1Cc1ccccc1C(=O)NCCCC(C(=O)O)N1CCN(CC(=O)O)CCN(CC(=O)O)CCN(CC(=O)O)CC1. The molecular weight excluding hydrogens is 658 g/mol. The van der Waals surface area contributed by atoms with Crippen LogP contribution in [0.2, 0.25) is 5.02 Å². The van der Waals surface area contributed by atoms with E-state index in [-0.39, 0.29) is 90.9 Å². The lowest BCUT2D eigenvalue weighted by Gasteiger charge is -2.35. The van der Waals surface area contributed by atoms with E-state index in [1.165, 1.54) is 0 Å². The van der Waals surface area contributed by atoms with Crippen LogP contribution in [0.5, 0.6) is 0 Å². The highest BCUT2D eigenvalue weighted by Gasteiger charge is 2.28. The topological polar surface area (TPSA) is 191 Å². The molecule has 1 amide bonds. The van der Waals surface area contributed by atoms with E-state index in [1.807, 2.05) is 37.3 Å². The Kier molecular flexibility index (Phi) is 15.9. The van der Waals surface area contributed by atoms with E-state index >= 15 is 0 Å². The average Bonchev–Trinajstić information content (AvgIpc) is 3.03. The Morgan fingerprint density at radius 3 is 1.71 bits per heavy atom. The molecule has 1 fully saturated rings. The fraction of sp³-hybridized carbons (Fsp3) is 0.500. The molecule has 0 saturated carbocycles. The molecule has 1 heterocycles. The maximum absolute atomic E-state index is 13.2. The first-order valence-electron chi connectivity index (χ1n) is 16.2. The molecule has 1 aliphatic heterocycles. The van der Waals surface area contributed by atoms with Gasteiger partial charge in [0.25, 0.3) is 5.91 Å². The maximum Gasteiger partial charge on any atom is 0.320 e. The summed E-state index contributed by atoms with van der Waals surface area (Å²) >= 11 is 6.30. The van der Waals surface area contributed by atoms with Crippen molar-refractivity contribution in [1.82, 2.24) is 24.9 Å². The first kappa shape index (κ1) is 39.4. The number of carbonyl (C=O) groups excluding carboxylic acids is 1. The molecular formula is C34H46ClN5O9. The minimum absolute atomic E-state index is 0.184. The van der Waals surface area contributed by atoms with Crippen LogP contribution in [-0.2, 0) is 25.6 Å². The van der Waals surface area contributed by atoms with Gasteiger partial charge in [0.05, 0.1) is 19.6 Å². The zero-order chi connectivity index (χ0) is 35.9. The second-order valence-electron chi connectivity index (χ2n) is 12.2. The van der Waals surface area contributed by atoms with Crippen molar-refractivity contribution in [2.24, 2.45) is 0 Å². The van der Waals surface area contributed by atoms with Crippen molar-refractivity contribution in [3.05, 3.63) is 69.7 Å². The maximum atomic E-state index is 13.2. The van der Waals surface area contributed by atoms with Crippen LogP contribution in [0.15, 0.2) is 42.5 Å². The Labute approximate surface area is 290 Å². The zero-order valence-corrected chi connectivity index (χ0v) is 28.5. The Bertz CT molecular complexity index is 1430. The fourth-order valence-electron chi connectivity index (χ4n) is 5.91. The average molecular weight is 704 g/mol. The van der Waals surface area contributed by atoms with Gasteiger partial charge >= 0.3 is 23.9 Å². The lowest BCUT2D eigenvalue weighted by atomic mass is 9.96. The van der Waals surface area contributed by atoms with E-state index in [0.29, 0.717) is 23.4 Å². The molecule has 0 aliphatic carbocycles. The Morgan fingerprint density at radius 2 is 1.20 bits per heavy atom. The third-order valence-electron chi connectivity index (χ3n) is 8.64. The highest BCUT2D eigenvalue weighted by Crippen LogP contribution is 2.23. The monoisotopic (exact) mass is 703 g/mol. The minimum atomic E-state index is -1.08. The molecule has 1 aliphatic rings. The summed E-state index contributed by atoms with van der Waals surface area (Å²) in [7, 11) is 0. The van der Waals surface area contributed by atoms with E-state index in [2.05, 4.69) is 5.32 Å². The van der Waals surface area contributed by atoms with Gasteiger partial charge in [-0.05, 0) is 55.0 Å². The predicted molar refractivity (Wildman–Crippen MR) is 182 cm³/mol. The minimum Gasteiger partial charge on any atom is -0.480 e.